The van der Waals surface area contributed by atoms with Crippen LogP contribution in [0.2, 0.25) is 0 Å². The van der Waals surface area contributed by atoms with Gasteiger partial charge in [-0.3, -0.25) is 9.79 Å². The molecule has 0 radical (unpaired) electrons. The molecule has 0 saturated heterocycles. The number of thioether (sulfide) groups is 1. The van der Waals surface area contributed by atoms with Crippen LogP contribution in [-0.4, -0.2) is 38.3 Å². The number of benzene rings is 1. The number of nitrogens with zero attached hydrogens (tertiary/aromatic N) is 1. The molecule has 25 heavy (non-hydrogen) atoms. The number of aliphatic imine (C=N–C) groups is 1. The van der Waals surface area contributed by atoms with Crippen LogP contribution in [0.5, 0.6) is 0 Å². The summed E-state index contributed by atoms with van der Waals surface area (Å²) >= 11 is 1.65. The van der Waals surface area contributed by atoms with E-state index < -0.39 is 5.41 Å². The maximum absolute atomic E-state index is 13.4. The normalized spacial score (nSPS) is 12.0. The van der Waals surface area contributed by atoms with Crippen molar-refractivity contribution in [2.24, 2.45) is 10.4 Å². The molecular weight excluding hydrogens is 339 g/mol. The van der Waals surface area contributed by atoms with E-state index >= 15 is 0 Å². The fraction of sp³-hybridized carbons (Fsp3) is 0.556. The predicted molar refractivity (Wildman–Crippen MR) is 104 cm³/mol. The van der Waals surface area contributed by atoms with Crippen molar-refractivity contribution in [3.05, 3.63) is 35.1 Å². The lowest BCUT2D eigenvalue weighted by Crippen LogP contribution is -2.47. The molecule has 0 atom stereocenters. The number of halogens is 1. The molecule has 0 aromatic heterocycles. The van der Waals surface area contributed by atoms with Crippen molar-refractivity contribution in [1.82, 2.24) is 16.0 Å². The highest BCUT2D eigenvalue weighted by molar-refractivity contribution is 7.97. The Morgan fingerprint density at radius 1 is 1.24 bits per heavy atom. The van der Waals surface area contributed by atoms with E-state index in [4.69, 9.17) is 0 Å². The topological polar surface area (TPSA) is 65.5 Å². The summed E-state index contributed by atoms with van der Waals surface area (Å²) in [5.74, 6) is 1.14. The van der Waals surface area contributed by atoms with E-state index in [1.807, 2.05) is 27.0 Å². The first kappa shape index (κ1) is 21.3. The number of hydrogen-bond acceptors (Lipinski definition) is 3. The van der Waals surface area contributed by atoms with Crippen molar-refractivity contribution in [2.45, 2.75) is 33.1 Å². The molecule has 1 rings (SSSR count). The SMILES string of the molecule is CCNC(=O)C(C)(C)CNC(=NC)NCc1ccc(F)cc1CSC. The third-order valence-corrected chi connectivity index (χ3v) is 4.39. The second-order valence-corrected chi connectivity index (χ2v) is 7.23. The van der Waals surface area contributed by atoms with Crippen molar-refractivity contribution < 1.29 is 9.18 Å². The van der Waals surface area contributed by atoms with Crippen molar-refractivity contribution in [1.29, 1.82) is 0 Å². The van der Waals surface area contributed by atoms with E-state index in [0.29, 0.717) is 25.6 Å². The predicted octanol–water partition coefficient (Wildman–Crippen LogP) is 2.52. The number of amides is 1. The molecule has 0 unspecified atom stereocenters. The molecular formula is C18H29FN4OS. The Balaban J connectivity index is 2.65. The molecule has 5 nitrogen and oxygen atoms in total. The lowest BCUT2D eigenvalue weighted by atomic mass is 9.92. The second kappa shape index (κ2) is 10.3. The highest BCUT2D eigenvalue weighted by Gasteiger charge is 2.27. The Morgan fingerprint density at radius 3 is 2.56 bits per heavy atom. The standard InChI is InChI=1S/C18H29FN4OS/c1-6-21-16(24)18(2,3)12-23-17(20-4)22-10-13-7-8-15(19)9-14(13)11-25-5/h7-9H,6,10-12H2,1-5H3,(H,21,24)(H2,20,22,23). The van der Waals surface area contributed by atoms with E-state index in [9.17, 15) is 9.18 Å². The molecule has 7 heteroatoms. The summed E-state index contributed by atoms with van der Waals surface area (Å²) in [6, 6.07) is 4.83. The lowest BCUT2D eigenvalue weighted by Gasteiger charge is -2.25. The summed E-state index contributed by atoms with van der Waals surface area (Å²) < 4.78 is 13.4. The third-order valence-electron chi connectivity index (χ3n) is 3.79. The number of nitrogens with one attached hydrogen (secondary N) is 3. The fourth-order valence-corrected chi connectivity index (χ4v) is 2.82. The first-order valence-electron chi connectivity index (χ1n) is 8.33. The number of hydrogen-bond donors (Lipinski definition) is 3. The van der Waals surface area contributed by atoms with Gasteiger partial charge in [-0.05, 0) is 50.3 Å². The zero-order valence-electron chi connectivity index (χ0n) is 15.7. The van der Waals surface area contributed by atoms with Gasteiger partial charge in [0.2, 0.25) is 5.91 Å². The van der Waals surface area contributed by atoms with E-state index in [0.717, 1.165) is 16.9 Å². The van der Waals surface area contributed by atoms with Crippen LogP contribution < -0.4 is 16.0 Å². The Labute approximate surface area is 154 Å². The molecule has 0 aliphatic rings. The molecule has 1 aromatic rings. The van der Waals surface area contributed by atoms with E-state index in [-0.39, 0.29) is 11.7 Å². The van der Waals surface area contributed by atoms with Crippen LogP contribution in [0.25, 0.3) is 0 Å². The van der Waals surface area contributed by atoms with Crippen LogP contribution >= 0.6 is 11.8 Å². The molecule has 0 spiro atoms. The summed E-state index contributed by atoms with van der Waals surface area (Å²) in [5.41, 5.74) is 1.45. The molecule has 0 saturated carbocycles. The van der Waals surface area contributed by atoms with Gasteiger partial charge < -0.3 is 16.0 Å². The molecule has 0 aliphatic heterocycles. The van der Waals surface area contributed by atoms with E-state index in [1.54, 1.807) is 30.9 Å². The first-order valence-corrected chi connectivity index (χ1v) is 9.72. The van der Waals surface area contributed by atoms with Gasteiger partial charge in [0, 0.05) is 32.4 Å². The van der Waals surface area contributed by atoms with Crippen LogP contribution in [0.1, 0.15) is 31.9 Å². The molecule has 1 aromatic carbocycles. The van der Waals surface area contributed by atoms with Gasteiger partial charge in [0.15, 0.2) is 5.96 Å². The van der Waals surface area contributed by atoms with Gasteiger partial charge in [0.1, 0.15) is 5.82 Å². The van der Waals surface area contributed by atoms with Crippen LogP contribution in [-0.2, 0) is 17.1 Å². The Bertz CT molecular complexity index is 605. The average Bonchev–Trinajstić information content (AvgIpc) is 2.57. The van der Waals surface area contributed by atoms with Crippen molar-refractivity contribution in [3.8, 4) is 0 Å². The first-order chi connectivity index (χ1) is 11.8. The van der Waals surface area contributed by atoms with Crippen molar-refractivity contribution in [2.75, 3.05) is 26.4 Å². The summed E-state index contributed by atoms with van der Waals surface area (Å²) in [5, 5.41) is 9.24. The van der Waals surface area contributed by atoms with Gasteiger partial charge in [-0.15, -0.1) is 0 Å². The fourth-order valence-electron chi connectivity index (χ4n) is 2.24. The summed E-state index contributed by atoms with van der Waals surface area (Å²) in [6.45, 7) is 7.27. The summed E-state index contributed by atoms with van der Waals surface area (Å²) in [7, 11) is 1.68. The number of rotatable bonds is 8. The molecule has 3 N–H and O–H groups in total. The van der Waals surface area contributed by atoms with E-state index in [2.05, 4.69) is 20.9 Å². The quantitative estimate of drug-likeness (QED) is 0.487. The van der Waals surface area contributed by atoms with Crippen LogP contribution in [0.4, 0.5) is 4.39 Å². The highest BCUT2D eigenvalue weighted by atomic mass is 32.2. The Kier molecular flexibility index (Phi) is 8.75. The zero-order chi connectivity index (χ0) is 18.9. The molecule has 1 amide bonds. The van der Waals surface area contributed by atoms with Crippen LogP contribution in [0.3, 0.4) is 0 Å². The molecule has 0 aliphatic carbocycles. The molecule has 140 valence electrons. The molecule has 0 bridgehead atoms. The summed E-state index contributed by atoms with van der Waals surface area (Å²) in [4.78, 5) is 16.2. The number of carbonyl (C=O) groups is 1. The van der Waals surface area contributed by atoms with Gasteiger partial charge in [-0.1, -0.05) is 6.07 Å². The molecule has 0 fully saturated rings. The van der Waals surface area contributed by atoms with Crippen LogP contribution in [0.15, 0.2) is 23.2 Å². The van der Waals surface area contributed by atoms with Gasteiger partial charge in [-0.25, -0.2) is 4.39 Å². The second-order valence-electron chi connectivity index (χ2n) is 6.37. The van der Waals surface area contributed by atoms with Crippen molar-refractivity contribution >= 4 is 23.6 Å². The average molecular weight is 369 g/mol. The van der Waals surface area contributed by atoms with Gasteiger partial charge in [-0.2, -0.15) is 11.8 Å². The van der Waals surface area contributed by atoms with E-state index in [1.165, 1.54) is 6.07 Å². The third kappa shape index (κ3) is 6.94. The Morgan fingerprint density at radius 2 is 1.96 bits per heavy atom. The van der Waals surface area contributed by atoms with Gasteiger partial charge in [0.25, 0.3) is 0 Å². The monoisotopic (exact) mass is 368 g/mol. The number of carbonyl (C=O) groups excluding carboxylic acids is 1. The minimum Gasteiger partial charge on any atom is -0.356 e. The minimum atomic E-state index is -0.548. The summed E-state index contributed by atoms with van der Waals surface area (Å²) in [6.07, 6.45) is 1.99. The lowest BCUT2D eigenvalue weighted by molar-refractivity contribution is -0.128. The van der Waals surface area contributed by atoms with Crippen molar-refractivity contribution in [3.63, 3.8) is 0 Å². The maximum atomic E-state index is 13.4. The van der Waals surface area contributed by atoms with Gasteiger partial charge >= 0.3 is 0 Å². The van der Waals surface area contributed by atoms with Gasteiger partial charge in [0.05, 0.1) is 5.41 Å². The Hall–Kier alpha value is -1.76. The smallest absolute Gasteiger partial charge is 0.227 e. The molecule has 0 heterocycles. The van der Waals surface area contributed by atoms with Crippen LogP contribution in [0, 0.1) is 11.2 Å². The highest BCUT2D eigenvalue weighted by Crippen LogP contribution is 2.17. The minimum absolute atomic E-state index is 0.00116. The maximum Gasteiger partial charge on any atom is 0.227 e. The zero-order valence-corrected chi connectivity index (χ0v) is 16.5. The largest absolute Gasteiger partial charge is 0.356 e. The number of guanidine groups is 1.